The maximum absolute atomic E-state index is 13.5. The largest absolute Gasteiger partial charge is 0.493 e. The third-order valence-corrected chi connectivity index (χ3v) is 7.96. The van der Waals surface area contributed by atoms with Gasteiger partial charge in [-0.25, -0.2) is 4.39 Å². The van der Waals surface area contributed by atoms with Gasteiger partial charge in [-0.15, -0.1) is 0 Å². The summed E-state index contributed by atoms with van der Waals surface area (Å²) in [5.74, 6) is 2.24. The second-order valence-corrected chi connectivity index (χ2v) is 12.7. The molecule has 0 fully saturated rings. The number of ether oxygens (including phenoxy) is 2. The van der Waals surface area contributed by atoms with E-state index in [1.54, 1.807) is 31.3 Å². The number of halogens is 1. The molecule has 6 rings (SSSR count). The number of aryl methyl sites for hydroxylation is 1. The smallest absolute Gasteiger partial charge is 0.270 e. The fraction of sp³-hybridized carbons (Fsp3) is 0.231. The number of carbonyl (C=O) groups excluding carboxylic acids is 1. The molecule has 0 radical (unpaired) electrons. The van der Waals surface area contributed by atoms with Gasteiger partial charge in [0.15, 0.2) is 5.82 Å². The van der Waals surface area contributed by atoms with Crippen molar-refractivity contribution in [3.8, 4) is 17.2 Å². The summed E-state index contributed by atoms with van der Waals surface area (Å²) >= 11 is 0. The summed E-state index contributed by atoms with van der Waals surface area (Å²) in [5.41, 5.74) is 3.47. The van der Waals surface area contributed by atoms with Gasteiger partial charge in [0.05, 0.1) is 6.61 Å². The monoisotopic (exact) mass is 644 g/mol. The van der Waals surface area contributed by atoms with E-state index in [-0.39, 0.29) is 22.8 Å². The highest BCUT2D eigenvalue weighted by Crippen LogP contribution is 2.29. The van der Waals surface area contributed by atoms with E-state index >= 15 is 0 Å². The van der Waals surface area contributed by atoms with E-state index in [9.17, 15) is 9.18 Å². The highest BCUT2D eigenvalue weighted by Gasteiger charge is 2.23. The zero-order chi connectivity index (χ0) is 33.7. The van der Waals surface area contributed by atoms with Crippen LogP contribution in [-0.2, 0) is 18.3 Å². The number of amides is 1. The van der Waals surface area contributed by atoms with Gasteiger partial charge in [0.1, 0.15) is 34.8 Å². The average molecular weight is 645 g/mol. The van der Waals surface area contributed by atoms with Crippen LogP contribution < -0.4 is 14.8 Å². The standard InChI is InChI=1S/C39H37FN4O4/c1-25-42-38(48-44-25)36(21-27-7-14-32(15-8-27)46-20-19-26-5-12-31(40)13-6-26)43-37(45)35-23-29-22-34(16-9-28(29)24-41-35)47-33-17-10-30(11-18-33)39(2,3)4/h5-18,22-24,36H,19-21H2,1-4H3,(H,43,45)/t36-/m0/s1. The molecule has 8 nitrogen and oxygen atoms in total. The summed E-state index contributed by atoms with van der Waals surface area (Å²) in [7, 11) is 0. The van der Waals surface area contributed by atoms with Gasteiger partial charge < -0.3 is 19.3 Å². The molecule has 2 aromatic heterocycles. The zero-order valence-corrected chi connectivity index (χ0v) is 27.4. The van der Waals surface area contributed by atoms with Crippen LogP contribution in [-0.4, -0.2) is 27.6 Å². The molecule has 0 aliphatic rings. The number of hydrogen-bond donors (Lipinski definition) is 1. The maximum Gasteiger partial charge on any atom is 0.270 e. The van der Waals surface area contributed by atoms with E-state index < -0.39 is 6.04 Å². The Bertz CT molecular complexity index is 2000. The fourth-order valence-electron chi connectivity index (χ4n) is 5.25. The van der Waals surface area contributed by atoms with Gasteiger partial charge in [-0.05, 0) is 95.1 Å². The number of nitrogens with zero attached hydrogens (tertiary/aromatic N) is 3. The number of benzene rings is 4. The van der Waals surface area contributed by atoms with Crippen molar-refractivity contribution < 1.29 is 23.2 Å². The molecular weight excluding hydrogens is 607 g/mol. The van der Waals surface area contributed by atoms with Crippen molar-refractivity contribution in [1.29, 1.82) is 0 Å². The molecule has 4 aromatic carbocycles. The van der Waals surface area contributed by atoms with Crippen LogP contribution in [0.2, 0.25) is 0 Å². The van der Waals surface area contributed by atoms with E-state index in [4.69, 9.17) is 14.0 Å². The van der Waals surface area contributed by atoms with Crippen LogP contribution in [0.15, 0.2) is 108 Å². The van der Waals surface area contributed by atoms with Crippen LogP contribution in [0.4, 0.5) is 4.39 Å². The van der Waals surface area contributed by atoms with E-state index in [0.29, 0.717) is 42.7 Å². The van der Waals surface area contributed by atoms with Crippen molar-refractivity contribution >= 4 is 16.7 Å². The molecule has 244 valence electrons. The van der Waals surface area contributed by atoms with Crippen LogP contribution in [0.5, 0.6) is 17.2 Å². The predicted molar refractivity (Wildman–Crippen MR) is 182 cm³/mol. The van der Waals surface area contributed by atoms with Gasteiger partial charge in [0, 0.05) is 24.4 Å². The quantitative estimate of drug-likeness (QED) is 0.151. The second kappa shape index (κ2) is 14.0. The highest BCUT2D eigenvalue weighted by molar-refractivity contribution is 5.96. The van der Waals surface area contributed by atoms with Crippen molar-refractivity contribution in [2.75, 3.05) is 6.61 Å². The Labute approximate surface area is 278 Å². The van der Waals surface area contributed by atoms with Crippen LogP contribution in [0.25, 0.3) is 10.8 Å². The minimum absolute atomic E-state index is 0.0558. The Kier molecular flexibility index (Phi) is 9.48. The Morgan fingerprint density at radius 3 is 2.23 bits per heavy atom. The maximum atomic E-state index is 13.5. The summed E-state index contributed by atoms with van der Waals surface area (Å²) in [6.45, 7) is 8.71. The Morgan fingerprint density at radius 1 is 0.854 bits per heavy atom. The van der Waals surface area contributed by atoms with Gasteiger partial charge in [-0.2, -0.15) is 4.98 Å². The first-order valence-electron chi connectivity index (χ1n) is 15.8. The van der Waals surface area contributed by atoms with Gasteiger partial charge >= 0.3 is 0 Å². The van der Waals surface area contributed by atoms with Crippen LogP contribution in [0.1, 0.15) is 65.7 Å². The Morgan fingerprint density at radius 2 is 1.54 bits per heavy atom. The average Bonchev–Trinajstić information content (AvgIpc) is 3.51. The molecule has 0 aliphatic carbocycles. The molecule has 6 aromatic rings. The van der Waals surface area contributed by atoms with Crippen molar-refractivity contribution in [3.63, 3.8) is 0 Å². The van der Waals surface area contributed by atoms with Crippen molar-refractivity contribution in [2.24, 2.45) is 0 Å². The van der Waals surface area contributed by atoms with Crippen LogP contribution in [0, 0.1) is 12.7 Å². The second-order valence-electron chi connectivity index (χ2n) is 12.7. The Hall–Kier alpha value is -5.57. The number of fused-ring (bicyclic) bond motifs is 1. The molecule has 0 unspecified atom stereocenters. The summed E-state index contributed by atoms with van der Waals surface area (Å²) in [5, 5.41) is 8.66. The first-order chi connectivity index (χ1) is 23.1. The molecule has 48 heavy (non-hydrogen) atoms. The zero-order valence-electron chi connectivity index (χ0n) is 27.4. The number of rotatable bonds is 11. The molecule has 0 bridgehead atoms. The predicted octanol–water partition coefficient (Wildman–Crippen LogP) is 8.49. The molecule has 0 spiro atoms. The molecule has 9 heteroatoms. The van der Waals surface area contributed by atoms with E-state index in [1.165, 1.54) is 17.7 Å². The van der Waals surface area contributed by atoms with Crippen molar-refractivity contribution in [1.82, 2.24) is 20.4 Å². The Balaban J connectivity index is 1.13. The van der Waals surface area contributed by atoms with Gasteiger partial charge in [0.2, 0.25) is 5.89 Å². The highest BCUT2D eigenvalue weighted by atomic mass is 19.1. The normalized spacial score (nSPS) is 12.1. The lowest BCUT2D eigenvalue weighted by Gasteiger charge is -2.19. The third kappa shape index (κ3) is 8.22. The van der Waals surface area contributed by atoms with Crippen LogP contribution >= 0.6 is 0 Å². The molecule has 1 amide bonds. The molecule has 0 saturated carbocycles. The summed E-state index contributed by atoms with van der Waals surface area (Å²) < 4.78 is 30.6. The lowest BCUT2D eigenvalue weighted by molar-refractivity contribution is 0.0923. The van der Waals surface area contributed by atoms with Crippen molar-refractivity contribution in [2.45, 2.75) is 52.0 Å². The lowest BCUT2D eigenvalue weighted by atomic mass is 9.87. The molecule has 0 aliphatic heterocycles. The van der Waals surface area contributed by atoms with Crippen molar-refractivity contribution in [3.05, 3.63) is 143 Å². The van der Waals surface area contributed by atoms with E-state index in [2.05, 4.69) is 53.3 Å². The molecular formula is C39H37FN4O4. The van der Waals surface area contributed by atoms with E-state index in [1.807, 2.05) is 54.6 Å². The summed E-state index contributed by atoms with van der Waals surface area (Å²) in [6, 6.07) is 28.9. The van der Waals surface area contributed by atoms with Gasteiger partial charge in [-0.1, -0.05) is 62.3 Å². The third-order valence-electron chi connectivity index (χ3n) is 7.96. The summed E-state index contributed by atoms with van der Waals surface area (Å²) in [6.07, 6.45) is 2.74. The molecule has 1 atom stereocenters. The SMILES string of the molecule is Cc1noc([C@H](Cc2ccc(OCCc3ccc(F)cc3)cc2)NC(=O)c2cc3cc(Oc4ccc(C(C)(C)C)cc4)ccc3cn2)n1. The van der Waals surface area contributed by atoms with E-state index in [0.717, 1.165) is 27.6 Å². The first-order valence-corrected chi connectivity index (χ1v) is 15.8. The number of aromatic nitrogens is 3. The molecule has 2 heterocycles. The van der Waals surface area contributed by atoms with Crippen LogP contribution in [0.3, 0.4) is 0 Å². The number of pyridine rings is 1. The van der Waals surface area contributed by atoms with Gasteiger partial charge in [-0.3, -0.25) is 9.78 Å². The summed E-state index contributed by atoms with van der Waals surface area (Å²) in [4.78, 5) is 22.3. The minimum atomic E-state index is -0.591. The number of hydrogen-bond acceptors (Lipinski definition) is 7. The first kappa shape index (κ1) is 32.4. The lowest BCUT2D eigenvalue weighted by Crippen LogP contribution is -2.31. The fourth-order valence-corrected chi connectivity index (χ4v) is 5.25. The molecule has 0 saturated heterocycles. The minimum Gasteiger partial charge on any atom is -0.493 e. The van der Waals surface area contributed by atoms with Gasteiger partial charge in [0.25, 0.3) is 5.91 Å². The topological polar surface area (TPSA) is 99.4 Å². The molecule has 1 N–H and O–H groups in total. The number of nitrogens with one attached hydrogen (secondary N) is 1. The number of carbonyl (C=O) groups is 1.